The molecule has 1 aliphatic heterocycles. The number of rotatable bonds is 4. The highest BCUT2D eigenvalue weighted by Gasteiger charge is 2.14. The van der Waals surface area contributed by atoms with Gasteiger partial charge < -0.3 is 14.8 Å². The molecule has 134 valence electrons. The van der Waals surface area contributed by atoms with Crippen LogP contribution in [0.25, 0.3) is 10.9 Å². The molecule has 1 fully saturated rings. The van der Waals surface area contributed by atoms with Gasteiger partial charge in [-0.15, -0.1) is 0 Å². The van der Waals surface area contributed by atoms with Crippen LogP contribution in [0, 0.1) is 0 Å². The molecular weight excluding hydrogens is 326 g/mol. The Morgan fingerprint density at radius 1 is 1.15 bits per heavy atom. The van der Waals surface area contributed by atoms with Gasteiger partial charge in [0, 0.05) is 43.3 Å². The predicted molar refractivity (Wildman–Crippen MR) is 103 cm³/mol. The first kappa shape index (κ1) is 16.6. The van der Waals surface area contributed by atoms with Crippen molar-refractivity contribution in [1.82, 2.24) is 14.5 Å². The Hall–Kier alpha value is -2.89. The van der Waals surface area contributed by atoms with Gasteiger partial charge in [0.1, 0.15) is 18.0 Å². The van der Waals surface area contributed by atoms with Crippen LogP contribution >= 0.6 is 0 Å². The van der Waals surface area contributed by atoms with Crippen molar-refractivity contribution in [3.05, 3.63) is 48.4 Å². The fourth-order valence-corrected chi connectivity index (χ4v) is 3.64. The van der Waals surface area contributed by atoms with E-state index in [1.165, 1.54) is 25.6 Å². The van der Waals surface area contributed by atoms with Gasteiger partial charge in [0.05, 0.1) is 6.42 Å². The molecule has 1 amide bonds. The zero-order valence-electron chi connectivity index (χ0n) is 15.0. The molecule has 2 aromatic heterocycles. The van der Waals surface area contributed by atoms with E-state index in [1.54, 1.807) is 0 Å². The number of anilines is 2. The van der Waals surface area contributed by atoms with Crippen molar-refractivity contribution in [2.45, 2.75) is 25.7 Å². The van der Waals surface area contributed by atoms with Crippen LogP contribution in [-0.2, 0) is 18.3 Å². The number of nitrogens with one attached hydrogen (secondary N) is 1. The molecule has 3 aromatic rings. The number of nitrogens with zero attached hydrogens (tertiary/aromatic N) is 4. The summed E-state index contributed by atoms with van der Waals surface area (Å²) >= 11 is 0. The molecule has 0 unspecified atom stereocenters. The van der Waals surface area contributed by atoms with Crippen molar-refractivity contribution in [2.24, 2.45) is 7.05 Å². The van der Waals surface area contributed by atoms with Gasteiger partial charge in [-0.05, 0) is 30.9 Å². The standard InChI is InChI=1S/C20H23N5O/c1-24-13-15(16-7-3-4-8-17(16)24)11-20(26)23-18-12-19(22-14-21-18)25-9-5-2-6-10-25/h3-4,7-8,12-14H,2,5-6,9-11H2,1H3,(H,21,22,23,26). The summed E-state index contributed by atoms with van der Waals surface area (Å²) in [6.07, 6.45) is 7.51. The second-order valence-corrected chi connectivity index (χ2v) is 6.82. The van der Waals surface area contributed by atoms with E-state index in [1.807, 2.05) is 31.4 Å². The number of hydrogen-bond acceptors (Lipinski definition) is 4. The molecule has 0 radical (unpaired) electrons. The number of aromatic nitrogens is 3. The van der Waals surface area contributed by atoms with Crippen LogP contribution in [-0.4, -0.2) is 33.5 Å². The lowest BCUT2D eigenvalue weighted by molar-refractivity contribution is -0.115. The molecule has 1 saturated heterocycles. The van der Waals surface area contributed by atoms with Crippen molar-refractivity contribution in [1.29, 1.82) is 0 Å². The molecule has 6 heteroatoms. The molecule has 1 aromatic carbocycles. The summed E-state index contributed by atoms with van der Waals surface area (Å²) in [5, 5.41) is 4.03. The van der Waals surface area contributed by atoms with E-state index in [0.717, 1.165) is 35.4 Å². The summed E-state index contributed by atoms with van der Waals surface area (Å²) in [4.78, 5) is 23.4. The van der Waals surface area contributed by atoms with Crippen molar-refractivity contribution in [3.8, 4) is 0 Å². The summed E-state index contributed by atoms with van der Waals surface area (Å²) in [7, 11) is 2.00. The van der Waals surface area contributed by atoms with Gasteiger partial charge in [0.2, 0.25) is 5.91 Å². The molecule has 1 N–H and O–H groups in total. The van der Waals surface area contributed by atoms with E-state index in [9.17, 15) is 4.79 Å². The van der Waals surface area contributed by atoms with Crippen LogP contribution in [0.4, 0.5) is 11.6 Å². The van der Waals surface area contributed by atoms with Gasteiger partial charge in [-0.1, -0.05) is 18.2 Å². The minimum atomic E-state index is -0.0651. The molecule has 0 aliphatic carbocycles. The number of carbonyl (C=O) groups excluding carboxylic acids is 1. The van der Waals surface area contributed by atoms with Crippen molar-refractivity contribution < 1.29 is 4.79 Å². The quantitative estimate of drug-likeness (QED) is 0.786. The molecule has 26 heavy (non-hydrogen) atoms. The maximum atomic E-state index is 12.5. The third-order valence-electron chi connectivity index (χ3n) is 4.93. The van der Waals surface area contributed by atoms with Gasteiger partial charge in [0.15, 0.2) is 0 Å². The van der Waals surface area contributed by atoms with Crippen molar-refractivity contribution in [2.75, 3.05) is 23.3 Å². The average Bonchev–Trinajstić information content (AvgIpc) is 2.98. The first-order chi connectivity index (χ1) is 12.7. The molecule has 1 aliphatic rings. The van der Waals surface area contributed by atoms with Crippen LogP contribution in [0.5, 0.6) is 0 Å². The highest BCUT2D eigenvalue weighted by atomic mass is 16.1. The Balaban J connectivity index is 1.48. The monoisotopic (exact) mass is 349 g/mol. The Kier molecular flexibility index (Phi) is 4.56. The third kappa shape index (κ3) is 3.40. The molecule has 3 heterocycles. The second kappa shape index (κ2) is 7.15. The van der Waals surface area contributed by atoms with Crippen LogP contribution in [0.3, 0.4) is 0 Å². The maximum Gasteiger partial charge on any atom is 0.230 e. The van der Waals surface area contributed by atoms with Crippen LogP contribution in [0.2, 0.25) is 0 Å². The predicted octanol–water partition coefficient (Wildman–Crippen LogP) is 3.14. The first-order valence-electron chi connectivity index (χ1n) is 9.10. The molecule has 0 bridgehead atoms. The minimum absolute atomic E-state index is 0.0651. The zero-order chi connectivity index (χ0) is 17.9. The number of amides is 1. The van der Waals surface area contributed by atoms with Gasteiger partial charge in [-0.3, -0.25) is 4.79 Å². The molecule has 0 spiro atoms. The van der Waals surface area contributed by atoms with E-state index >= 15 is 0 Å². The van der Waals surface area contributed by atoms with Gasteiger partial charge in [-0.2, -0.15) is 0 Å². The first-order valence-corrected chi connectivity index (χ1v) is 9.10. The lowest BCUT2D eigenvalue weighted by Crippen LogP contribution is -2.30. The normalized spacial score (nSPS) is 14.6. The highest BCUT2D eigenvalue weighted by molar-refractivity contribution is 5.95. The van der Waals surface area contributed by atoms with Crippen molar-refractivity contribution in [3.63, 3.8) is 0 Å². The minimum Gasteiger partial charge on any atom is -0.356 e. The third-order valence-corrected chi connectivity index (χ3v) is 4.93. The maximum absolute atomic E-state index is 12.5. The van der Waals surface area contributed by atoms with Crippen LogP contribution in [0.15, 0.2) is 42.9 Å². The fraction of sp³-hybridized carbons (Fsp3) is 0.350. The number of aryl methyl sites for hydroxylation is 1. The summed E-state index contributed by atoms with van der Waals surface area (Å²) in [6, 6.07) is 9.99. The molecule has 4 rings (SSSR count). The second-order valence-electron chi connectivity index (χ2n) is 6.82. The average molecular weight is 349 g/mol. The van der Waals surface area contributed by atoms with Crippen LogP contribution < -0.4 is 10.2 Å². The highest BCUT2D eigenvalue weighted by Crippen LogP contribution is 2.22. The van der Waals surface area contributed by atoms with E-state index < -0.39 is 0 Å². The van der Waals surface area contributed by atoms with Gasteiger partial charge in [-0.25, -0.2) is 9.97 Å². The molecular formula is C20H23N5O. The molecule has 0 atom stereocenters. The van der Waals surface area contributed by atoms with Crippen LogP contribution in [0.1, 0.15) is 24.8 Å². The van der Waals surface area contributed by atoms with E-state index in [0.29, 0.717) is 12.2 Å². The number of carbonyl (C=O) groups is 1. The van der Waals surface area contributed by atoms with Gasteiger partial charge in [0.25, 0.3) is 0 Å². The Bertz CT molecular complexity index is 927. The van der Waals surface area contributed by atoms with E-state index in [4.69, 9.17) is 0 Å². The zero-order valence-corrected chi connectivity index (χ0v) is 15.0. The summed E-state index contributed by atoms with van der Waals surface area (Å²) in [6.45, 7) is 2.03. The lowest BCUT2D eigenvalue weighted by atomic mass is 10.1. The SMILES string of the molecule is Cn1cc(CC(=O)Nc2cc(N3CCCCC3)ncn2)c2ccccc21. The van der Waals surface area contributed by atoms with E-state index in [-0.39, 0.29) is 5.91 Å². The topological polar surface area (TPSA) is 63.1 Å². The number of benzene rings is 1. The number of hydrogen-bond donors (Lipinski definition) is 1. The largest absolute Gasteiger partial charge is 0.356 e. The van der Waals surface area contributed by atoms with Crippen molar-refractivity contribution >= 4 is 28.4 Å². The summed E-state index contributed by atoms with van der Waals surface area (Å²) < 4.78 is 2.05. The molecule has 0 saturated carbocycles. The summed E-state index contributed by atoms with van der Waals surface area (Å²) in [5.41, 5.74) is 2.15. The lowest BCUT2D eigenvalue weighted by Gasteiger charge is -2.27. The Morgan fingerprint density at radius 3 is 2.81 bits per heavy atom. The number of fused-ring (bicyclic) bond motifs is 1. The fourth-order valence-electron chi connectivity index (χ4n) is 3.64. The van der Waals surface area contributed by atoms with Gasteiger partial charge >= 0.3 is 0 Å². The van der Waals surface area contributed by atoms with E-state index in [2.05, 4.69) is 36.9 Å². The molecule has 6 nitrogen and oxygen atoms in total. The Morgan fingerprint density at radius 2 is 1.96 bits per heavy atom. The summed E-state index contributed by atoms with van der Waals surface area (Å²) in [5.74, 6) is 1.38. The number of para-hydroxylation sites is 1. The smallest absolute Gasteiger partial charge is 0.230 e. The Labute approximate surface area is 152 Å². The number of piperidine rings is 1.